The lowest BCUT2D eigenvalue weighted by Gasteiger charge is -2.25. The summed E-state index contributed by atoms with van der Waals surface area (Å²) in [4.78, 5) is 26.5. The van der Waals surface area contributed by atoms with Crippen LogP contribution in [0.2, 0.25) is 0 Å². The Balaban J connectivity index is 1.49. The minimum absolute atomic E-state index is 0.00947. The predicted octanol–water partition coefficient (Wildman–Crippen LogP) is 3.42. The van der Waals surface area contributed by atoms with E-state index in [1.807, 2.05) is 29.2 Å². The number of halogens is 1. The molecule has 2 N–H and O–H groups in total. The zero-order valence-corrected chi connectivity index (χ0v) is 16.7. The highest BCUT2D eigenvalue weighted by atomic mass is 19.1. The number of urea groups is 1. The molecule has 3 rings (SSSR count). The van der Waals surface area contributed by atoms with Crippen molar-refractivity contribution in [3.05, 3.63) is 65.0 Å². The SMILES string of the molecule is COc1cccc(C2CCCN2C(=O)NCCNC(=O)c2ccc(C)c(F)c2)c1. The molecule has 1 fully saturated rings. The Morgan fingerprint density at radius 3 is 2.72 bits per heavy atom. The summed E-state index contributed by atoms with van der Waals surface area (Å²) < 4.78 is 18.9. The molecule has 0 bridgehead atoms. The summed E-state index contributed by atoms with van der Waals surface area (Å²) in [6.07, 6.45) is 1.83. The molecule has 2 aromatic carbocycles. The fraction of sp³-hybridized carbons (Fsp3) is 0.364. The molecule has 7 heteroatoms. The van der Waals surface area contributed by atoms with Crippen molar-refractivity contribution in [2.75, 3.05) is 26.7 Å². The van der Waals surface area contributed by atoms with Gasteiger partial charge in [-0.15, -0.1) is 0 Å². The van der Waals surface area contributed by atoms with E-state index >= 15 is 0 Å². The van der Waals surface area contributed by atoms with Gasteiger partial charge in [0.2, 0.25) is 0 Å². The molecule has 0 aromatic heterocycles. The first-order valence-electron chi connectivity index (χ1n) is 9.72. The molecule has 1 unspecified atom stereocenters. The van der Waals surface area contributed by atoms with Crippen molar-refractivity contribution in [2.24, 2.45) is 0 Å². The number of ether oxygens (including phenoxy) is 1. The van der Waals surface area contributed by atoms with Gasteiger partial charge in [-0.2, -0.15) is 0 Å². The summed E-state index contributed by atoms with van der Waals surface area (Å²) >= 11 is 0. The topological polar surface area (TPSA) is 70.7 Å². The van der Waals surface area contributed by atoms with Gasteiger partial charge >= 0.3 is 6.03 Å². The van der Waals surface area contributed by atoms with Gasteiger partial charge in [-0.25, -0.2) is 9.18 Å². The van der Waals surface area contributed by atoms with Gasteiger partial charge in [0.15, 0.2) is 0 Å². The monoisotopic (exact) mass is 399 g/mol. The van der Waals surface area contributed by atoms with E-state index in [-0.39, 0.29) is 30.1 Å². The number of likely N-dealkylation sites (tertiary alicyclic amines) is 1. The number of hydrogen-bond acceptors (Lipinski definition) is 3. The second-order valence-electron chi connectivity index (χ2n) is 7.08. The Morgan fingerprint density at radius 2 is 1.97 bits per heavy atom. The molecule has 0 saturated carbocycles. The largest absolute Gasteiger partial charge is 0.497 e. The first-order chi connectivity index (χ1) is 14.0. The van der Waals surface area contributed by atoms with Crippen molar-refractivity contribution < 1.29 is 18.7 Å². The number of benzene rings is 2. The number of rotatable bonds is 6. The number of aryl methyl sites for hydroxylation is 1. The summed E-state index contributed by atoms with van der Waals surface area (Å²) in [5.74, 6) is -0.0119. The van der Waals surface area contributed by atoms with Crippen LogP contribution in [0.15, 0.2) is 42.5 Å². The van der Waals surface area contributed by atoms with E-state index in [0.29, 0.717) is 18.7 Å². The molecule has 0 aliphatic carbocycles. The summed E-state index contributed by atoms with van der Waals surface area (Å²) in [5, 5.41) is 5.54. The fourth-order valence-electron chi connectivity index (χ4n) is 3.49. The number of carbonyl (C=O) groups is 2. The minimum atomic E-state index is -0.413. The van der Waals surface area contributed by atoms with E-state index in [1.54, 1.807) is 26.2 Å². The van der Waals surface area contributed by atoms with Crippen molar-refractivity contribution >= 4 is 11.9 Å². The maximum atomic E-state index is 13.6. The molecular formula is C22H26FN3O3. The van der Waals surface area contributed by atoms with Crippen LogP contribution in [0.5, 0.6) is 5.75 Å². The molecule has 154 valence electrons. The molecule has 0 spiro atoms. The molecule has 1 saturated heterocycles. The predicted molar refractivity (Wildman–Crippen MR) is 109 cm³/mol. The van der Waals surface area contributed by atoms with E-state index in [0.717, 1.165) is 24.2 Å². The van der Waals surface area contributed by atoms with Gasteiger partial charge in [-0.3, -0.25) is 4.79 Å². The van der Waals surface area contributed by atoms with Gasteiger partial charge in [0.05, 0.1) is 13.2 Å². The average Bonchev–Trinajstić information content (AvgIpc) is 3.23. The number of nitrogens with zero attached hydrogens (tertiary/aromatic N) is 1. The molecule has 1 heterocycles. The quantitative estimate of drug-likeness (QED) is 0.732. The van der Waals surface area contributed by atoms with Crippen LogP contribution in [0.3, 0.4) is 0 Å². The van der Waals surface area contributed by atoms with Crippen LogP contribution >= 0.6 is 0 Å². The van der Waals surface area contributed by atoms with Crippen LogP contribution in [0, 0.1) is 12.7 Å². The van der Waals surface area contributed by atoms with Crippen molar-refractivity contribution in [2.45, 2.75) is 25.8 Å². The Bertz CT molecular complexity index is 887. The van der Waals surface area contributed by atoms with E-state index in [4.69, 9.17) is 4.74 Å². The van der Waals surface area contributed by atoms with Gasteiger partial charge in [-0.05, 0) is 55.2 Å². The first kappa shape index (κ1) is 20.6. The summed E-state index contributed by atoms with van der Waals surface area (Å²) in [6.45, 7) is 2.88. The maximum Gasteiger partial charge on any atom is 0.317 e. The van der Waals surface area contributed by atoms with Crippen LogP contribution in [0.1, 0.15) is 40.4 Å². The van der Waals surface area contributed by atoms with Crippen molar-refractivity contribution in [3.63, 3.8) is 0 Å². The third-order valence-corrected chi connectivity index (χ3v) is 5.11. The van der Waals surface area contributed by atoms with Crippen molar-refractivity contribution in [3.8, 4) is 5.75 Å². The first-order valence-corrected chi connectivity index (χ1v) is 9.72. The van der Waals surface area contributed by atoms with Crippen LogP contribution in [0.25, 0.3) is 0 Å². The zero-order chi connectivity index (χ0) is 20.8. The smallest absolute Gasteiger partial charge is 0.317 e. The normalized spacial score (nSPS) is 15.8. The lowest BCUT2D eigenvalue weighted by Crippen LogP contribution is -2.42. The van der Waals surface area contributed by atoms with Gasteiger partial charge in [0.25, 0.3) is 5.91 Å². The van der Waals surface area contributed by atoms with E-state index in [1.165, 1.54) is 6.07 Å². The second kappa shape index (κ2) is 9.41. The molecule has 0 radical (unpaired) electrons. The third kappa shape index (κ3) is 5.04. The molecule has 1 aliphatic rings. The lowest BCUT2D eigenvalue weighted by molar-refractivity contribution is 0.0953. The van der Waals surface area contributed by atoms with Gasteiger partial charge in [-0.1, -0.05) is 18.2 Å². The Labute approximate surface area is 170 Å². The minimum Gasteiger partial charge on any atom is -0.497 e. The lowest BCUT2D eigenvalue weighted by atomic mass is 10.0. The summed E-state index contributed by atoms with van der Waals surface area (Å²) in [6, 6.07) is 12.0. The highest BCUT2D eigenvalue weighted by Gasteiger charge is 2.29. The third-order valence-electron chi connectivity index (χ3n) is 5.11. The number of hydrogen-bond donors (Lipinski definition) is 2. The number of nitrogens with one attached hydrogen (secondary N) is 2. The number of methoxy groups -OCH3 is 1. The molecule has 6 nitrogen and oxygen atoms in total. The highest BCUT2D eigenvalue weighted by molar-refractivity contribution is 5.94. The zero-order valence-electron chi connectivity index (χ0n) is 16.7. The van der Waals surface area contributed by atoms with Crippen LogP contribution in [0.4, 0.5) is 9.18 Å². The van der Waals surface area contributed by atoms with Gasteiger partial charge in [0.1, 0.15) is 11.6 Å². The maximum absolute atomic E-state index is 13.6. The molecule has 2 aromatic rings. The Morgan fingerprint density at radius 1 is 1.17 bits per heavy atom. The van der Waals surface area contributed by atoms with E-state index in [9.17, 15) is 14.0 Å². The number of amides is 3. The van der Waals surface area contributed by atoms with Gasteiger partial charge in [0, 0.05) is 25.2 Å². The summed E-state index contributed by atoms with van der Waals surface area (Å²) in [7, 11) is 1.62. The van der Waals surface area contributed by atoms with E-state index < -0.39 is 5.82 Å². The van der Waals surface area contributed by atoms with E-state index in [2.05, 4.69) is 10.6 Å². The Hall–Kier alpha value is -3.09. The Kier molecular flexibility index (Phi) is 6.69. The highest BCUT2D eigenvalue weighted by Crippen LogP contribution is 2.33. The molecular weight excluding hydrogens is 373 g/mol. The standard InChI is InChI=1S/C22H26FN3O3/c1-15-8-9-17(14-19(15)23)21(27)24-10-11-25-22(28)26-12-4-7-20(26)16-5-3-6-18(13-16)29-2/h3,5-6,8-9,13-14,20H,4,7,10-12H2,1-2H3,(H,24,27)(H,25,28). The van der Waals surface area contributed by atoms with Crippen molar-refractivity contribution in [1.82, 2.24) is 15.5 Å². The molecule has 3 amide bonds. The van der Waals surface area contributed by atoms with Crippen LogP contribution < -0.4 is 15.4 Å². The number of carbonyl (C=O) groups excluding carboxylic acids is 2. The average molecular weight is 399 g/mol. The summed E-state index contributed by atoms with van der Waals surface area (Å²) in [5.41, 5.74) is 1.80. The molecule has 29 heavy (non-hydrogen) atoms. The fourth-order valence-corrected chi connectivity index (χ4v) is 3.49. The van der Waals surface area contributed by atoms with Crippen molar-refractivity contribution in [1.29, 1.82) is 0 Å². The molecule has 1 atom stereocenters. The van der Waals surface area contributed by atoms with Crippen LogP contribution in [-0.4, -0.2) is 43.6 Å². The second-order valence-corrected chi connectivity index (χ2v) is 7.08. The van der Waals surface area contributed by atoms with Gasteiger partial charge < -0.3 is 20.3 Å². The van der Waals surface area contributed by atoms with Crippen LogP contribution in [-0.2, 0) is 0 Å². The molecule has 1 aliphatic heterocycles.